The molecule has 3 aromatic rings. The smallest absolute Gasteiger partial charge is 0.269 e. The number of thiazole rings is 1. The minimum Gasteiger partial charge on any atom is -0.493 e. The van der Waals surface area contributed by atoms with Crippen molar-refractivity contribution in [2.24, 2.45) is 0 Å². The molecule has 1 aromatic heterocycles. The maximum Gasteiger partial charge on any atom is 0.269 e. The number of carbonyl (C=O) groups is 1. The van der Waals surface area contributed by atoms with Crippen LogP contribution < -0.4 is 10.1 Å². The van der Waals surface area contributed by atoms with Gasteiger partial charge < -0.3 is 10.1 Å². The molecule has 1 N–H and O–H groups in total. The molecule has 0 spiro atoms. The van der Waals surface area contributed by atoms with Crippen molar-refractivity contribution >= 4 is 22.9 Å². The summed E-state index contributed by atoms with van der Waals surface area (Å²) in [5.74, 6) is 0.613. The second-order valence-corrected chi connectivity index (χ2v) is 6.81. The monoisotopic (exact) mass is 397 g/mol. The number of non-ortho nitro benzene ring substituents is 1. The number of hydrogen-bond donors (Lipinski definition) is 1. The summed E-state index contributed by atoms with van der Waals surface area (Å²) < 4.78 is 5.64. The molecule has 0 bridgehead atoms. The highest BCUT2D eigenvalue weighted by Gasteiger charge is 2.12. The summed E-state index contributed by atoms with van der Waals surface area (Å²) in [6, 6.07) is 13.8. The van der Waals surface area contributed by atoms with Crippen LogP contribution in [0.15, 0.2) is 53.9 Å². The number of rotatable bonds is 8. The molecule has 0 aliphatic carbocycles. The molecule has 2 aromatic carbocycles. The molecule has 0 unspecified atom stereocenters. The first-order valence-corrected chi connectivity index (χ1v) is 9.61. The van der Waals surface area contributed by atoms with E-state index in [0.29, 0.717) is 18.8 Å². The molecule has 8 heteroatoms. The molecule has 1 heterocycles. The molecule has 144 valence electrons. The van der Waals surface area contributed by atoms with Crippen LogP contribution in [-0.4, -0.2) is 22.4 Å². The van der Waals surface area contributed by atoms with E-state index in [4.69, 9.17) is 4.74 Å². The molecule has 0 saturated heterocycles. The predicted octanol–water partition coefficient (Wildman–Crippen LogP) is 3.98. The van der Waals surface area contributed by atoms with Crippen LogP contribution in [0.25, 0.3) is 10.6 Å². The Morgan fingerprint density at radius 3 is 2.68 bits per heavy atom. The Hall–Kier alpha value is -3.26. The fourth-order valence-electron chi connectivity index (χ4n) is 2.60. The van der Waals surface area contributed by atoms with Crippen molar-refractivity contribution < 1.29 is 14.5 Å². The van der Waals surface area contributed by atoms with Crippen molar-refractivity contribution in [1.29, 1.82) is 0 Å². The van der Waals surface area contributed by atoms with Crippen molar-refractivity contribution in [2.75, 3.05) is 6.61 Å². The van der Waals surface area contributed by atoms with Crippen LogP contribution in [0.1, 0.15) is 18.2 Å². The molecular weight excluding hydrogens is 378 g/mol. The molecule has 0 fully saturated rings. The van der Waals surface area contributed by atoms with Crippen LogP contribution in [0.5, 0.6) is 5.75 Å². The molecule has 0 saturated carbocycles. The summed E-state index contributed by atoms with van der Waals surface area (Å²) in [7, 11) is 0. The zero-order valence-electron chi connectivity index (χ0n) is 15.3. The summed E-state index contributed by atoms with van der Waals surface area (Å²) in [6.07, 6.45) is 0.167. The number of benzene rings is 2. The number of ether oxygens (including phenoxy) is 1. The van der Waals surface area contributed by atoms with Crippen molar-refractivity contribution in [3.63, 3.8) is 0 Å². The Labute approximate surface area is 166 Å². The van der Waals surface area contributed by atoms with Gasteiger partial charge in [0.15, 0.2) is 0 Å². The van der Waals surface area contributed by atoms with Gasteiger partial charge in [-0.1, -0.05) is 24.3 Å². The van der Waals surface area contributed by atoms with Gasteiger partial charge in [0, 0.05) is 24.1 Å². The van der Waals surface area contributed by atoms with Crippen LogP contribution in [0.3, 0.4) is 0 Å². The first-order valence-electron chi connectivity index (χ1n) is 8.73. The van der Waals surface area contributed by atoms with Crippen molar-refractivity contribution in [3.8, 4) is 16.3 Å². The normalized spacial score (nSPS) is 10.5. The average Bonchev–Trinajstić information content (AvgIpc) is 3.15. The molecule has 3 rings (SSSR count). The van der Waals surface area contributed by atoms with Gasteiger partial charge in [0.1, 0.15) is 10.8 Å². The molecule has 7 nitrogen and oxygen atoms in total. The number of nitrogens with one attached hydrogen (secondary N) is 1. The number of aromatic nitrogens is 1. The zero-order chi connectivity index (χ0) is 19.9. The number of nitrogens with zero attached hydrogens (tertiary/aromatic N) is 2. The van der Waals surface area contributed by atoms with Crippen molar-refractivity contribution in [2.45, 2.75) is 19.9 Å². The maximum absolute atomic E-state index is 12.2. The van der Waals surface area contributed by atoms with Crippen LogP contribution in [0, 0.1) is 10.1 Å². The van der Waals surface area contributed by atoms with Gasteiger partial charge in [-0.25, -0.2) is 4.98 Å². The summed E-state index contributed by atoms with van der Waals surface area (Å²) >= 11 is 1.47. The Morgan fingerprint density at radius 2 is 1.96 bits per heavy atom. The predicted molar refractivity (Wildman–Crippen MR) is 107 cm³/mol. The van der Waals surface area contributed by atoms with Crippen molar-refractivity contribution in [3.05, 3.63) is 75.3 Å². The number of carbonyl (C=O) groups excluding carboxylic acids is 1. The number of amides is 1. The Morgan fingerprint density at radius 1 is 1.21 bits per heavy atom. The molecular formula is C20H19N3O4S. The van der Waals surface area contributed by atoms with E-state index in [1.54, 1.807) is 12.1 Å². The van der Waals surface area contributed by atoms with E-state index in [1.165, 1.54) is 23.5 Å². The third-order valence-corrected chi connectivity index (χ3v) is 4.87. The van der Waals surface area contributed by atoms with Gasteiger partial charge in [-0.3, -0.25) is 14.9 Å². The van der Waals surface area contributed by atoms with E-state index in [-0.39, 0.29) is 18.0 Å². The van der Waals surface area contributed by atoms with Crippen molar-refractivity contribution in [1.82, 2.24) is 10.3 Å². The average molecular weight is 397 g/mol. The number of para-hydroxylation sites is 1. The molecule has 0 aliphatic rings. The SMILES string of the molecule is CCOc1ccccc1-c1nc(CC(=O)NCc2ccc([N+](=O)[O-])cc2)cs1. The zero-order valence-corrected chi connectivity index (χ0v) is 16.1. The number of nitro groups is 1. The van der Waals surface area contributed by atoms with Gasteiger partial charge in [0.05, 0.1) is 29.2 Å². The minimum absolute atomic E-state index is 0.0254. The summed E-state index contributed by atoms with van der Waals surface area (Å²) in [5, 5.41) is 16.1. The third-order valence-electron chi connectivity index (χ3n) is 3.95. The van der Waals surface area contributed by atoms with Gasteiger partial charge in [0.25, 0.3) is 5.69 Å². The van der Waals surface area contributed by atoms with Crippen LogP contribution in [0.4, 0.5) is 5.69 Å². The van der Waals surface area contributed by atoms with E-state index in [9.17, 15) is 14.9 Å². The second kappa shape index (κ2) is 9.09. The van der Waals surface area contributed by atoms with Crippen LogP contribution >= 0.6 is 11.3 Å². The first-order chi connectivity index (χ1) is 13.6. The summed E-state index contributed by atoms with van der Waals surface area (Å²) in [6.45, 7) is 2.81. The molecule has 0 atom stereocenters. The number of nitro benzene ring substituents is 1. The van der Waals surface area contributed by atoms with Gasteiger partial charge in [-0.2, -0.15) is 0 Å². The second-order valence-electron chi connectivity index (χ2n) is 5.95. The lowest BCUT2D eigenvalue weighted by molar-refractivity contribution is -0.384. The highest BCUT2D eigenvalue weighted by Crippen LogP contribution is 2.32. The van der Waals surface area contributed by atoms with E-state index in [0.717, 1.165) is 21.9 Å². The lowest BCUT2D eigenvalue weighted by Crippen LogP contribution is -2.24. The Kier molecular flexibility index (Phi) is 6.33. The molecule has 1 amide bonds. The number of hydrogen-bond acceptors (Lipinski definition) is 6. The summed E-state index contributed by atoms with van der Waals surface area (Å²) in [5.41, 5.74) is 2.42. The molecule has 28 heavy (non-hydrogen) atoms. The van der Waals surface area contributed by atoms with E-state index < -0.39 is 4.92 Å². The van der Waals surface area contributed by atoms with Gasteiger partial charge >= 0.3 is 0 Å². The topological polar surface area (TPSA) is 94.4 Å². The molecule has 0 radical (unpaired) electrons. The standard InChI is InChI=1S/C20H19N3O4S/c1-2-27-18-6-4-3-5-17(18)20-22-15(13-28-20)11-19(24)21-12-14-7-9-16(10-8-14)23(25)26/h3-10,13H,2,11-12H2,1H3,(H,21,24). The fourth-order valence-corrected chi connectivity index (χ4v) is 3.45. The largest absolute Gasteiger partial charge is 0.493 e. The van der Waals surface area contributed by atoms with E-state index in [2.05, 4.69) is 10.3 Å². The van der Waals surface area contributed by atoms with Gasteiger partial charge in [-0.05, 0) is 24.6 Å². The van der Waals surface area contributed by atoms with E-state index in [1.807, 2.05) is 36.6 Å². The fraction of sp³-hybridized carbons (Fsp3) is 0.200. The lowest BCUT2D eigenvalue weighted by atomic mass is 10.2. The van der Waals surface area contributed by atoms with Crippen LogP contribution in [-0.2, 0) is 17.8 Å². The minimum atomic E-state index is -0.452. The van der Waals surface area contributed by atoms with Gasteiger partial charge in [0.2, 0.25) is 5.91 Å². The summed E-state index contributed by atoms with van der Waals surface area (Å²) in [4.78, 5) is 27.0. The van der Waals surface area contributed by atoms with E-state index >= 15 is 0 Å². The highest BCUT2D eigenvalue weighted by atomic mass is 32.1. The maximum atomic E-state index is 12.2. The van der Waals surface area contributed by atoms with Gasteiger partial charge in [-0.15, -0.1) is 11.3 Å². The Bertz CT molecular complexity index is 970. The lowest BCUT2D eigenvalue weighted by Gasteiger charge is -2.07. The van der Waals surface area contributed by atoms with Crippen LogP contribution in [0.2, 0.25) is 0 Å². The highest BCUT2D eigenvalue weighted by molar-refractivity contribution is 7.13. The Balaban J connectivity index is 1.59. The molecule has 0 aliphatic heterocycles. The third kappa shape index (κ3) is 4.92. The quantitative estimate of drug-likeness (QED) is 0.458. The first kappa shape index (κ1) is 19.5.